The first-order valence-corrected chi connectivity index (χ1v) is 5.95. The highest BCUT2D eigenvalue weighted by molar-refractivity contribution is 5.79. The zero-order chi connectivity index (χ0) is 14.4. The van der Waals surface area contributed by atoms with Crippen molar-refractivity contribution in [1.82, 2.24) is 4.90 Å². The van der Waals surface area contributed by atoms with Crippen LogP contribution in [0.1, 0.15) is 18.5 Å². The van der Waals surface area contributed by atoms with Crippen molar-refractivity contribution in [2.45, 2.75) is 13.0 Å². The summed E-state index contributed by atoms with van der Waals surface area (Å²) in [5.41, 5.74) is 0.670. The SMILES string of the molecule is CCOc1ccc(C(/C=C/C(=O)O)N(C)C)cc1F. The third-order valence-corrected chi connectivity index (χ3v) is 2.57. The van der Waals surface area contributed by atoms with Crippen LogP contribution in [0, 0.1) is 5.82 Å². The molecule has 1 atom stereocenters. The molecule has 0 aliphatic heterocycles. The number of carboxylic acid groups (broad SMARTS) is 1. The molecule has 0 heterocycles. The molecule has 0 saturated heterocycles. The Labute approximate surface area is 112 Å². The second-order valence-corrected chi connectivity index (χ2v) is 4.23. The molecule has 0 bridgehead atoms. The monoisotopic (exact) mass is 267 g/mol. The predicted molar refractivity (Wildman–Crippen MR) is 70.8 cm³/mol. The Kier molecular flexibility index (Phi) is 5.51. The minimum atomic E-state index is -1.03. The van der Waals surface area contributed by atoms with Gasteiger partial charge in [0.2, 0.25) is 0 Å². The van der Waals surface area contributed by atoms with E-state index in [1.165, 1.54) is 12.1 Å². The Bertz CT molecular complexity index is 472. The summed E-state index contributed by atoms with van der Waals surface area (Å²) in [6.45, 7) is 2.18. The van der Waals surface area contributed by atoms with Crippen molar-refractivity contribution in [3.8, 4) is 5.75 Å². The second-order valence-electron chi connectivity index (χ2n) is 4.23. The average Bonchev–Trinajstić information content (AvgIpc) is 2.32. The number of rotatable bonds is 6. The number of ether oxygens (including phenoxy) is 1. The lowest BCUT2D eigenvalue weighted by molar-refractivity contribution is -0.131. The number of hydrogen-bond acceptors (Lipinski definition) is 3. The van der Waals surface area contributed by atoms with Crippen molar-refractivity contribution in [3.05, 3.63) is 41.7 Å². The van der Waals surface area contributed by atoms with E-state index in [0.29, 0.717) is 12.2 Å². The number of carbonyl (C=O) groups is 1. The third kappa shape index (κ3) is 4.37. The Hall–Kier alpha value is -1.88. The molecular weight excluding hydrogens is 249 g/mol. The van der Waals surface area contributed by atoms with Crippen molar-refractivity contribution < 1.29 is 19.0 Å². The van der Waals surface area contributed by atoms with E-state index in [0.717, 1.165) is 6.08 Å². The number of carboxylic acids is 1. The van der Waals surface area contributed by atoms with Gasteiger partial charge < -0.3 is 9.84 Å². The summed E-state index contributed by atoms with van der Waals surface area (Å²) in [6.07, 6.45) is 2.57. The molecule has 19 heavy (non-hydrogen) atoms. The van der Waals surface area contributed by atoms with Gasteiger partial charge in [-0.15, -0.1) is 0 Å². The first-order valence-electron chi connectivity index (χ1n) is 5.95. The van der Waals surface area contributed by atoms with E-state index in [1.54, 1.807) is 38.1 Å². The Morgan fingerprint density at radius 3 is 2.68 bits per heavy atom. The highest BCUT2D eigenvalue weighted by Crippen LogP contribution is 2.25. The Morgan fingerprint density at radius 1 is 1.53 bits per heavy atom. The molecule has 4 nitrogen and oxygen atoms in total. The van der Waals surface area contributed by atoms with E-state index in [4.69, 9.17) is 9.84 Å². The van der Waals surface area contributed by atoms with Crippen molar-refractivity contribution in [2.75, 3.05) is 20.7 Å². The minimum absolute atomic E-state index is 0.200. The molecule has 1 rings (SSSR count). The van der Waals surface area contributed by atoms with Crippen LogP contribution in [0.25, 0.3) is 0 Å². The molecule has 0 aromatic heterocycles. The third-order valence-electron chi connectivity index (χ3n) is 2.57. The fourth-order valence-electron chi connectivity index (χ4n) is 1.73. The van der Waals surface area contributed by atoms with Crippen LogP contribution in [-0.2, 0) is 4.79 Å². The van der Waals surface area contributed by atoms with Gasteiger partial charge in [0.1, 0.15) is 0 Å². The first-order chi connectivity index (χ1) is 8.95. The molecule has 1 aromatic carbocycles. The normalized spacial score (nSPS) is 12.9. The molecule has 1 unspecified atom stereocenters. The molecule has 0 aliphatic rings. The zero-order valence-corrected chi connectivity index (χ0v) is 11.3. The lowest BCUT2D eigenvalue weighted by Crippen LogP contribution is -2.18. The maximum Gasteiger partial charge on any atom is 0.328 e. The van der Waals surface area contributed by atoms with Crippen molar-refractivity contribution >= 4 is 5.97 Å². The number of hydrogen-bond donors (Lipinski definition) is 1. The first kappa shape index (κ1) is 15.2. The van der Waals surface area contributed by atoms with Gasteiger partial charge in [0.15, 0.2) is 11.6 Å². The topological polar surface area (TPSA) is 49.8 Å². The summed E-state index contributed by atoms with van der Waals surface area (Å²) >= 11 is 0. The van der Waals surface area contributed by atoms with Gasteiger partial charge in [-0.25, -0.2) is 9.18 Å². The van der Waals surface area contributed by atoms with Crippen LogP contribution < -0.4 is 4.74 Å². The number of likely N-dealkylation sites (N-methyl/N-ethyl adjacent to an activating group) is 1. The lowest BCUT2D eigenvalue weighted by Gasteiger charge is -2.21. The highest BCUT2D eigenvalue weighted by atomic mass is 19.1. The van der Waals surface area contributed by atoms with Crippen LogP contribution in [0.5, 0.6) is 5.75 Å². The van der Waals surface area contributed by atoms with Crippen LogP contribution in [0.4, 0.5) is 4.39 Å². The van der Waals surface area contributed by atoms with Crippen LogP contribution in [-0.4, -0.2) is 36.7 Å². The van der Waals surface area contributed by atoms with Gasteiger partial charge in [0.05, 0.1) is 12.6 Å². The molecular formula is C14H18FNO3. The maximum absolute atomic E-state index is 13.8. The quantitative estimate of drug-likeness (QED) is 0.804. The highest BCUT2D eigenvalue weighted by Gasteiger charge is 2.14. The van der Waals surface area contributed by atoms with E-state index < -0.39 is 11.8 Å². The number of halogens is 1. The number of benzene rings is 1. The zero-order valence-electron chi connectivity index (χ0n) is 11.3. The lowest BCUT2D eigenvalue weighted by atomic mass is 10.0. The van der Waals surface area contributed by atoms with E-state index in [1.807, 2.05) is 0 Å². The summed E-state index contributed by atoms with van der Waals surface area (Å²) < 4.78 is 18.9. The van der Waals surface area contributed by atoms with Crippen LogP contribution in [0.15, 0.2) is 30.4 Å². The van der Waals surface area contributed by atoms with E-state index in [9.17, 15) is 9.18 Å². The molecule has 0 radical (unpaired) electrons. The molecule has 104 valence electrons. The summed E-state index contributed by atoms with van der Waals surface area (Å²) in [4.78, 5) is 12.4. The molecule has 1 aromatic rings. The van der Waals surface area contributed by atoms with Crippen LogP contribution in [0.2, 0.25) is 0 Å². The van der Waals surface area contributed by atoms with Crippen LogP contribution in [0.3, 0.4) is 0 Å². The standard InChI is InChI=1S/C14H18FNO3/c1-4-19-13-7-5-10(9-11(13)15)12(16(2)3)6-8-14(17)18/h5-9,12H,4H2,1-3H3,(H,17,18)/b8-6+. The van der Waals surface area contributed by atoms with Gasteiger partial charge in [-0.2, -0.15) is 0 Å². The molecule has 5 heteroatoms. The summed E-state index contributed by atoms with van der Waals surface area (Å²) in [5, 5.41) is 8.66. The van der Waals surface area contributed by atoms with Gasteiger partial charge in [0, 0.05) is 6.08 Å². The number of aliphatic carboxylic acids is 1. The molecule has 0 fully saturated rings. The van der Waals surface area contributed by atoms with Gasteiger partial charge in [-0.1, -0.05) is 12.1 Å². The summed E-state index contributed by atoms with van der Waals surface area (Å²) in [6, 6.07) is 4.34. The second kappa shape index (κ2) is 6.89. The fourth-order valence-corrected chi connectivity index (χ4v) is 1.73. The van der Waals surface area contributed by atoms with E-state index >= 15 is 0 Å². The van der Waals surface area contributed by atoms with Gasteiger partial charge in [-0.3, -0.25) is 4.90 Å². The predicted octanol–water partition coefficient (Wildman–Crippen LogP) is 2.47. The van der Waals surface area contributed by atoms with Crippen LogP contribution >= 0.6 is 0 Å². The Morgan fingerprint density at radius 2 is 2.21 bits per heavy atom. The fraction of sp³-hybridized carbons (Fsp3) is 0.357. The van der Waals surface area contributed by atoms with Crippen molar-refractivity contribution in [1.29, 1.82) is 0 Å². The molecule has 0 saturated carbocycles. The largest absolute Gasteiger partial charge is 0.491 e. The van der Waals surface area contributed by atoms with Crippen molar-refractivity contribution in [2.24, 2.45) is 0 Å². The average molecular weight is 267 g/mol. The molecule has 0 amide bonds. The van der Waals surface area contributed by atoms with E-state index in [-0.39, 0.29) is 11.8 Å². The van der Waals surface area contributed by atoms with Gasteiger partial charge >= 0.3 is 5.97 Å². The summed E-state index contributed by atoms with van der Waals surface area (Å²) in [5.74, 6) is -1.28. The minimum Gasteiger partial charge on any atom is -0.491 e. The van der Waals surface area contributed by atoms with Gasteiger partial charge in [0.25, 0.3) is 0 Å². The molecule has 0 spiro atoms. The maximum atomic E-state index is 13.8. The number of nitrogens with zero attached hydrogens (tertiary/aromatic N) is 1. The molecule has 0 aliphatic carbocycles. The smallest absolute Gasteiger partial charge is 0.328 e. The van der Waals surface area contributed by atoms with Gasteiger partial charge in [-0.05, 0) is 38.7 Å². The molecule has 1 N–H and O–H groups in total. The summed E-state index contributed by atoms with van der Waals surface area (Å²) in [7, 11) is 3.59. The Balaban J connectivity index is 3.03. The van der Waals surface area contributed by atoms with E-state index in [2.05, 4.69) is 0 Å². The van der Waals surface area contributed by atoms with Crippen molar-refractivity contribution in [3.63, 3.8) is 0 Å².